The highest BCUT2D eigenvalue weighted by Crippen LogP contribution is 2.30. The van der Waals surface area contributed by atoms with E-state index in [-0.39, 0.29) is 5.95 Å². The van der Waals surface area contributed by atoms with Crippen molar-refractivity contribution in [3.8, 4) is 0 Å². The predicted molar refractivity (Wildman–Crippen MR) is 79.9 cm³/mol. The lowest BCUT2D eigenvalue weighted by molar-refractivity contribution is 1.09. The molecule has 0 aliphatic carbocycles. The Kier molecular flexibility index (Phi) is 3.72. The molecular weight excluding hydrogens is 362 g/mol. The van der Waals surface area contributed by atoms with Crippen LogP contribution < -0.4 is 17.2 Å². The number of hydrogen-bond acceptors (Lipinski definition) is 5. The van der Waals surface area contributed by atoms with E-state index in [9.17, 15) is 0 Å². The summed E-state index contributed by atoms with van der Waals surface area (Å²) in [5.74, 6) is 0.572. The van der Waals surface area contributed by atoms with Gasteiger partial charge in [-0.2, -0.15) is 4.98 Å². The maximum atomic E-state index is 5.83. The molecule has 94 valence electrons. The molecule has 2 rings (SSSR count). The highest BCUT2D eigenvalue weighted by Gasteiger charge is 2.08. The van der Waals surface area contributed by atoms with Crippen LogP contribution in [-0.4, -0.2) is 9.97 Å². The molecule has 0 aliphatic rings. The van der Waals surface area contributed by atoms with Crippen LogP contribution in [0.4, 0.5) is 17.5 Å². The zero-order chi connectivity index (χ0) is 13.3. The van der Waals surface area contributed by atoms with Gasteiger partial charge in [0, 0.05) is 27.1 Å². The van der Waals surface area contributed by atoms with E-state index in [0.717, 1.165) is 20.1 Å². The van der Waals surface area contributed by atoms with Gasteiger partial charge in [0.25, 0.3) is 0 Å². The summed E-state index contributed by atoms with van der Waals surface area (Å²) in [7, 11) is 0. The molecule has 0 fully saturated rings. The minimum absolute atomic E-state index is 0.177. The quantitative estimate of drug-likeness (QED) is 0.702. The Hall–Kier alpha value is -1.34. The van der Waals surface area contributed by atoms with Gasteiger partial charge in [-0.1, -0.05) is 0 Å². The monoisotopic (exact) mass is 371 g/mol. The average Bonchev–Trinajstić information content (AvgIpc) is 2.29. The molecule has 1 heterocycles. The van der Waals surface area contributed by atoms with E-state index in [4.69, 9.17) is 17.2 Å². The van der Waals surface area contributed by atoms with E-state index in [0.29, 0.717) is 17.9 Å². The second kappa shape index (κ2) is 5.11. The standard InChI is InChI=1S/C11H11Br2N5/c12-7-2-5(3-8(13)9(7)14)1-6-4-17-11(16)18-10(6)15/h2-4H,1,14H2,(H4,15,16,17,18). The van der Waals surface area contributed by atoms with Gasteiger partial charge in [0.05, 0.1) is 5.69 Å². The van der Waals surface area contributed by atoms with Crippen LogP contribution in [0, 0.1) is 0 Å². The summed E-state index contributed by atoms with van der Waals surface area (Å²) in [4.78, 5) is 7.87. The fraction of sp³-hybridized carbons (Fsp3) is 0.0909. The van der Waals surface area contributed by atoms with E-state index in [1.165, 1.54) is 0 Å². The van der Waals surface area contributed by atoms with Crippen molar-refractivity contribution < 1.29 is 0 Å². The number of nitrogens with zero attached hydrogens (tertiary/aromatic N) is 2. The van der Waals surface area contributed by atoms with E-state index in [2.05, 4.69) is 41.8 Å². The molecule has 0 amide bonds. The zero-order valence-corrected chi connectivity index (χ0v) is 12.5. The average molecular weight is 373 g/mol. The van der Waals surface area contributed by atoms with Crippen LogP contribution in [0.1, 0.15) is 11.1 Å². The maximum Gasteiger partial charge on any atom is 0.221 e. The number of rotatable bonds is 2. The Morgan fingerprint density at radius 1 is 1.06 bits per heavy atom. The second-order valence-electron chi connectivity index (χ2n) is 3.79. The summed E-state index contributed by atoms with van der Waals surface area (Å²) in [6.07, 6.45) is 2.25. The molecule has 0 spiro atoms. The van der Waals surface area contributed by atoms with Gasteiger partial charge in [0.2, 0.25) is 5.95 Å². The molecule has 0 saturated carbocycles. The van der Waals surface area contributed by atoms with E-state index >= 15 is 0 Å². The van der Waals surface area contributed by atoms with Crippen molar-refractivity contribution in [1.82, 2.24) is 9.97 Å². The van der Waals surface area contributed by atoms with Gasteiger partial charge in [0.1, 0.15) is 5.82 Å². The van der Waals surface area contributed by atoms with Crippen molar-refractivity contribution in [2.45, 2.75) is 6.42 Å². The molecule has 0 saturated heterocycles. The van der Waals surface area contributed by atoms with Crippen molar-refractivity contribution >= 4 is 49.3 Å². The Balaban J connectivity index is 2.34. The van der Waals surface area contributed by atoms with Crippen molar-refractivity contribution in [2.75, 3.05) is 17.2 Å². The van der Waals surface area contributed by atoms with Crippen molar-refractivity contribution in [3.05, 3.63) is 38.4 Å². The van der Waals surface area contributed by atoms with Crippen LogP contribution in [0.25, 0.3) is 0 Å². The van der Waals surface area contributed by atoms with Crippen LogP contribution in [0.3, 0.4) is 0 Å². The van der Waals surface area contributed by atoms with Gasteiger partial charge >= 0.3 is 0 Å². The van der Waals surface area contributed by atoms with Gasteiger partial charge < -0.3 is 17.2 Å². The highest BCUT2D eigenvalue weighted by molar-refractivity contribution is 9.11. The fourth-order valence-corrected chi connectivity index (χ4v) is 2.81. The van der Waals surface area contributed by atoms with Crippen LogP contribution in [-0.2, 0) is 6.42 Å². The molecular formula is C11H11Br2N5. The van der Waals surface area contributed by atoms with E-state index in [1.807, 2.05) is 12.1 Å². The van der Waals surface area contributed by atoms with Crippen LogP contribution in [0.2, 0.25) is 0 Å². The lowest BCUT2D eigenvalue weighted by Gasteiger charge is -2.08. The van der Waals surface area contributed by atoms with Crippen LogP contribution in [0.15, 0.2) is 27.3 Å². The first-order valence-corrected chi connectivity index (χ1v) is 6.66. The zero-order valence-electron chi connectivity index (χ0n) is 9.32. The molecule has 5 nitrogen and oxygen atoms in total. The molecule has 2 aromatic rings. The maximum absolute atomic E-state index is 5.83. The summed E-state index contributed by atoms with van der Waals surface area (Å²) < 4.78 is 1.67. The Morgan fingerprint density at radius 2 is 1.67 bits per heavy atom. The molecule has 0 bridgehead atoms. The molecule has 18 heavy (non-hydrogen) atoms. The largest absolute Gasteiger partial charge is 0.397 e. The number of anilines is 3. The lowest BCUT2D eigenvalue weighted by Crippen LogP contribution is -2.04. The van der Waals surface area contributed by atoms with Gasteiger partial charge in [-0.3, -0.25) is 0 Å². The minimum Gasteiger partial charge on any atom is -0.397 e. The first kappa shape index (κ1) is 13.1. The molecule has 0 aliphatic heterocycles. The smallest absolute Gasteiger partial charge is 0.221 e. The Bertz CT molecular complexity index is 577. The van der Waals surface area contributed by atoms with Gasteiger partial charge in [-0.15, -0.1) is 0 Å². The van der Waals surface area contributed by atoms with Crippen LogP contribution in [0.5, 0.6) is 0 Å². The molecule has 6 N–H and O–H groups in total. The molecule has 0 atom stereocenters. The number of halogens is 2. The van der Waals surface area contributed by atoms with Gasteiger partial charge in [-0.25, -0.2) is 4.98 Å². The highest BCUT2D eigenvalue weighted by atomic mass is 79.9. The number of nitrogens with two attached hydrogens (primary N) is 3. The summed E-state index contributed by atoms with van der Waals surface area (Å²) in [6, 6.07) is 3.88. The SMILES string of the molecule is Nc1ncc(Cc2cc(Br)c(N)c(Br)c2)c(N)n1. The summed E-state index contributed by atoms with van der Waals surface area (Å²) in [6.45, 7) is 0. The molecule has 0 unspecified atom stereocenters. The Labute approximate surface area is 121 Å². The van der Waals surface area contributed by atoms with Crippen molar-refractivity contribution in [1.29, 1.82) is 0 Å². The fourth-order valence-electron chi connectivity index (χ4n) is 1.53. The molecule has 1 aromatic carbocycles. The first-order valence-electron chi connectivity index (χ1n) is 5.07. The van der Waals surface area contributed by atoms with Gasteiger partial charge in [-0.05, 0) is 49.6 Å². The predicted octanol–water partition coefficient (Wildman–Crippen LogP) is 2.34. The number of aromatic nitrogens is 2. The molecule has 7 heteroatoms. The summed E-state index contributed by atoms with van der Waals surface area (Å²) >= 11 is 6.81. The topological polar surface area (TPSA) is 104 Å². The summed E-state index contributed by atoms with van der Waals surface area (Å²) in [5.41, 5.74) is 19.6. The van der Waals surface area contributed by atoms with Crippen molar-refractivity contribution in [2.24, 2.45) is 0 Å². The third kappa shape index (κ3) is 2.73. The number of nitrogen functional groups attached to an aromatic ring is 3. The number of benzene rings is 1. The minimum atomic E-state index is 0.177. The van der Waals surface area contributed by atoms with E-state index < -0.39 is 0 Å². The normalized spacial score (nSPS) is 10.6. The van der Waals surface area contributed by atoms with Crippen molar-refractivity contribution in [3.63, 3.8) is 0 Å². The molecule has 1 aromatic heterocycles. The third-order valence-corrected chi connectivity index (χ3v) is 3.76. The first-order chi connectivity index (χ1) is 8.47. The molecule has 0 radical (unpaired) electrons. The van der Waals surface area contributed by atoms with Crippen LogP contribution >= 0.6 is 31.9 Å². The Morgan fingerprint density at radius 3 is 2.22 bits per heavy atom. The lowest BCUT2D eigenvalue weighted by atomic mass is 10.1. The van der Waals surface area contributed by atoms with E-state index in [1.54, 1.807) is 6.20 Å². The summed E-state index contributed by atoms with van der Waals surface area (Å²) in [5, 5.41) is 0. The second-order valence-corrected chi connectivity index (χ2v) is 5.50. The van der Waals surface area contributed by atoms with Gasteiger partial charge in [0.15, 0.2) is 0 Å². The third-order valence-electron chi connectivity index (χ3n) is 2.45. The number of hydrogen-bond donors (Lipinski definition) is 3.